The summed E-state index contributed by atoms with van der Waals surface area (Å²) >= 11 is 0. The second kappa shape index (κ2) is 6.45. The molecule has 1 N–H and O–H groups in total. The molecular weight excluding hydrogens is 300 g/mol. The summed E-state index contributed by atoms with van der Waals surface area (Å²) in [7, 11) is 0. The Balaban J connectivity index is 1.43. The van der Waals surface area contributed by atoms with Gasteiger partial charge in [0, 0.05) is 25.4 Å². The summed E-state index contributed by atoms with van der Waals surface area (Å²) in [4.78, 5) is 12.7. The second-order valence-corrected chi connectivity index (χ2v) is 5.36. The standard InChI is InChI=1S/C18H16N6/c1-2-5-15(6-3-1)24-12-9-14(23-24)8-11-20-18-16-7-4-10-19-17(16)21-13-22-18/h1-7,9-10,12-13H,8,11H2,(H,19,20,21,22). The van der Waals surface area contributed by atoms with Crippen LogP contribution in [0.2, 0.25) is 0 Å². The van der Waals surface area contributed by atoms with Gasteiger partial charge in [-0.2, -0.15) is 5.10 Å². The summed E-state index contributed by atoms with van der Waals surface area (Å²) < 4.78 is 1.89. The second-order valence-electron chi connectivity index (χ2n) is 5.36. The van der Waals surface area contributed by atoms with Gasteiger partial charge in [-0.05, 0) is 30.3 Å². The molecule has 0 radical (unpaired) electrons. The minimum Gasteiger partial charge on any atom is -0.369 e. The van der Waals surface area contributed by atoms with E-state index in [0.29, 0.717) is 5.65 Å². The van der Waals surface area contributed by atoms with Gasteiger partial charge in [0.15, 0.2) is 5.65 Å². The van der Waals surface area contributed by atoms with Crippen LogP contribution >= 0.6 is 0 Å². The van der Waals surface area contributed by atoms with Crippen LogP contribution in [0, 0.1) is 0 Å². The molecule has 0 aliphatic rings. The van der Waals surface area contributed by atoms with Gasteiger partial charge in [-0.15, -0.1) is 0 Å². The molecule has 4 rings (SSSR count). The van der Waals surface area contributed by atoms with Crippen LogP contribution in [0.15, 0.2) is 67.3 Å². The first-order valence-corrected chi connectivity index (χ1v) is 7.80. The fourth-order valence-corrected chi connectivity index (χ4v) is 2.56. The van der Waals surface area contributed by atoms with Crippen molar-refractivity contribution >= 4 is 16.9 Å². The largest absolute Gasteiger partial charge is 0.369 e. The van der Waals surface area contributed by atoms with Crippen molar-refractivity contribution in [2.45, 2.75) is 6.42 Å². The first-order valence-electron chi connectivity index (χ1n) is 7.80. The number of hydrogen-bond acceptors (Lipinski definition) is 5. The average Bonchev–Trinajstić information content (AvgIpc) is 3.12. The highest BCUT2D eigenvalue weighted by molar-refractivity contribution is 5.85. The van der Waals surface area contributed by atoms with Crippen molar-refractivity contribution in [3.63, 3.8) is 0 Å². The molecule has 0 amide bonds. The summed E-state index contributed by atoms with van der Waals surface area (Å²) in [5, 5.41) is 8.88. The number of para-hydroxylation sites is 1. The van der Waals surface area contributed by atoms with E-state index in [2.05, 4.69) is 25.4 Å². The van der Waals surface area contributed by atoms with Gasteiger partial charge in [0.25, 0.3) is 0 Å². The lowest BCUT2D eigenvalue weighted by Gasteiger charge is -2.06. The Morgan fingerprint density at radius 1 is 0.917 bits per heavy atom. The molecule has 6 heteroatoms. The first-order chi connectivity index (χ1) is 11.9. The fourth-order valence-electron chi connectivity index (χ4n) is 2.56. The zero-order chi connectivity index (χ0) is 16.2. The Labute approximate surface area is 139 Å². The lowest BCUT2D eigenvalue weighted by atomic mass is 10.3. The van der Waals surface area contributed by atoms with Crippen molar-refractivity contribution in [3.05, 3.63) is 72.9 Å². The quantitative estimate of drug-likeness (QED) is 0.613. The van der Waals surface area contributed by atoms with Crippen molar-refractivity contribution in [2.24, 2.45) is 0 Å². The highest BCUT2D eigenvalue weighted by Crippen LogP contribution is 2.16. The molecule has 1 aromatic carbocycles. The zero-order valence-electron chi connectivity index (χ0n) is 13.0. The highest BCUT2D eigenvalue weighted by atomic mass is 15.3. The Hall–Kier alpha value is -3.28. The van der Waals surface area contributed by atoms with Gasteiger partial charge >= 0.3 is 0 Å². The van der Waals surface area contributed by atoms with Crippen molar-refractivity contribution in [3.8, 4) is 5.69 Å². The third-order valence-corrected chi connectivity index (χ3v) is 3.75. The number of pyridine rings is 1. The van der Waals surface area contributed by atoms with Gasteiger partial charge in [-0.1, -0.05) is 18.2 Å². The Morgan fingerprint density at radius 3 is 2.75 bits per heavy atom. The Bertz CT molecular complexity index is 943. The predicted molar refractivity (Wildman–Crippen MR) is 93.1 cm³/mol. The molecule has 0 fully saturated rings. The van der Waals surface area contributed by atoms with E-state index in [1.165, 1.54) is 6.33 Å². The maximum absolute atomic E-state index is 4.61. The monoisotopic (exact) mass is 316 g/mol. The van der Waals surface area contributed by atoms with Crippen LogP contribution in [0.3, 0.4) is 0 Å². The molecule has 0 atom stereocenters. The molecule has 0 aliphatic heterocycles. The number of nitrogens with one attached hydrogen (secondary N) is 1. The molecule has 3 aromatic heterocycles. The van der Waals surface area contributed by atoms with E-state index in [9.17, 15) is 0 Å². The number of nitrogens with zero attached hydrogens (tertiary/aromatic N) is 5. The molecule has 0 aliphatic carbocycles. The summed E-state index contributed by atoms with van der Waals surface area (Å²) in [6.45, 7) is 0.743. The van der Waals surface area contributed by atoms with Crippen molar-refractivity contribution in [1.29, 1.82) is 0 Å². The maximum Gasteiger partial charge on any atom is 0.164 e. The lowest BCUT2D eigenvalue weighted by Crippen LogP contribution is -2.08. The van der Waals surface area contributed by atoms with Gasteiger partial charge in [0.2, 0.25) is 0 Å². The summed E-state index contributed by atoms with van der Waals surface area (Å²) in [5.41, 5.74) is 2.79. The summed E-state index contributed by atoms with van der Waals surface area (Å²) in [6, 6.07) is 16.0. The van der Waals surface area contributed by atoms with Crippen LogP contribution in [-0.2, 0) is 6.42 Å². The number of fused-ring (bicyclic) bond motifs is 1. The number of rotatable bonds is 5. The zero-order valence-corrected chi connectivity index (χ0v) is 13.0. The van der Waals surface area contributed by atoms with Gasteiger partial charge in [0.1, 0.15) is 12.1 Å². The van der Waals surface area contributed by atoms with E-state index >= 15 is 0 Å². The number of hydrogen-bond donors (Lipinski definition) is 1. The molecule has 0 saturated heterocycles. The molecular formula is C18H16N6. The van der Waals surface area contributed by atoms with Gasteiger partial charge in [0.05, 0.1) is 16.8 Å². The summed E-state index contributed by atoms with van der Waals surface area (Å²) in [6.07, 6.45) is 6.05. The van der Waals surface area contributed by atoms with E-state index in [1.807, 2.05) is 59.4 Å². The fraction of sp³-hybridized carbons (Fsp3) is 0.111. The van der Waals surface area contributed by atoms with Gasteiger partial charge < -0.3 is 5.32 Å². The molecule has 3 heterocycles. The topological polar surface area (TPSA) is 68.5 Å². The molecule has 0 spiro atoms. The third kappa shape index (κ3) is 2.94. The van der Waals surface area contributed by atoms with Crippen LogP contribution in [0.5, 0.6) is 0 Å². The van der Waals surface area contributed by atoms with Crippen LogP contribution < -0.4 is 5.32 Å². The molecule has 0 bridgehead atoms. The van der Waals surface area contributed by atoms with E-state index in [4.69, 9.17) is 0 Å². The minimum absolute atomic E-state index is 0.698. The lowest BCUT2D eigenvalue weighted by molar-refractivity contribution is 0.830. The van der Waals surface area contributed by atoms with Crippen molar-refractivity contribution < 1.29 is 0 Å². The number of benzene rings is 1. The van der Waals surface area contributed by atoms with E-state index < -0.39 is 0 Å². The molecule has 6 nitrogen and oxygen atoms in total. The number of aromatic nitrogens is 5. The van der Waals surface area contributed by atoms with E-state index in [1.54, 1.807) is 6.20 Å². The smallest absolute Gasteiger partial charge is 0.164 e. The maximum atomic E-state index is 4.61. The van der Waals surface area contributed by atoms with Crippen molar-refractivity contribution in [1.82, 2.24) is 24.7 Å². The van der Waals surface area contributed by atoms with Crippen LogP contribution in [0.1, 0.15) is 5.69 Å². The first kappa shape index (κ1) is 14.3. The van der Waals surface area contributed by atoms with E-state index in [0.717, 1.165) is 35.6 Å². The van der Waals surface area contributed by atoms with Gasteiger partial charge in [-0.3, -0.25) is 0 Å². The van der Waals surface area contributed by atoms with Crippen LogP contribution in [0.4, 0.5) is 5.82 Å². The number of anilines is 1. The summed E-state index contributed by atoms with van der Waals surface area (Å²) in [5.74, 6) is 0.801. The van der Waals surface area contributed by atoms with Crippen LogP contribution in [-0.4, -0.2) is 31.3 Å². The molecule has 24 heavy (non-hydrogen) atoms. The van der Waals surface area contributed by atoms with Gasteiger partial charge in [-0.25, -0.2) is 19.6 Å². The Kier molecular flexibility index (Phi) is 3.85. The predicted octanol–water partition coefficient (Wildman–Crippen LogP) is 2.87. The molecule has 118 valence electrons. The highest BCUT2D eigenvalue weighted by Gasteiger charge is 2.04. The molecule has 4 aromatic rings. The van der Waals surface area contributed by atoms with Crippen LogP contribution in [0.25, 0.3) is 16.7 Å². The van der Waals surface area contributed by atoms with Crippen molar-refractivity contribution in [2.75, 3.05) is 11.9 Å². The Morgan fingerprint density at radius 2 is 1.83 bits per heavy atom. The minimum atomic E-state index is 0.698. The van der Waals surface area contributed by atoms with E-state index in [-0.39, 0.29) is 0 Å². The average molecular weight is 316 g/mol. The third-order valence-electron chi connectivity index (χ3n) is 3.75. The molecule has 0 saturated carbocycles. The normalized spacial score (nSPS) is 10.8. The molecule has 0 unspecified atom stereocenters. The SMILES string of the molecule is c1ccc(-n2ccc(CCNc3ncnc4ncccc34)n2)cc1.